The van der Waals surface area contributed by atoms with Gasteiger partial charge in [-0.25, -0.2) is 4.98 Å². The largest absolute Gasteiger partial charge is 0.274 e. The molecule has 0 fully saturated rings. The van der Waals surface area contributed by atoms with Crippen molar-refractivity contribution in [3.05, 3.63) is 59.4 Å². The zero-order valence-corrected chi connectivity index (χ0v) is 12.8. The van der Waals surface area contributed by atoms with E-state index in [4.69, 9.17) is 11.6 Å². The Kier molecular flexibility index (Phi) is 4.17. The Balaban J connectivity index is 1.79. The van der Waals surface area contributed by atoms with Crippen LogP contribution in [0.2, 0.25) is 5.28 Å². The van der Waals surface area contributed by atoms with E-state index in [1.54, 1.807) is 23.3 Å². The molecule has 0 spiro atoms. The predicted octanol–water partition coefficient (Wildman–Crippen LogP) is 3.31. The van der Waals surface area contributed by atoms with Crippen LogP contribution in [-0.4, -0.2) is 24.5 Å². The third-order valence-electron chi connectivity index (χ3n) is 2.76. The Labute approximate surface area is 131 Å². The van der Waals surface area contributed by atoms with E-state index in [2.05, 4.69) is 45.1 Å². The first-order chi connectivity index (χ1) is 10.2. The summed E-state index contributed by atoms with van der Waals surface area (Å²) in [7, 11) is 0. The fraction of sp³-hybridized carbons (Fsp3) is 0.143. The fourth-order valence-corrected chi connectivity index (χ4v) is 2.81. The van der Waals surface area contributed by atoms with Crippen molar-refractivity contribution in [1.82, 2.24) is 24.5 Å². The van der Waals surface area contributed by atoms with Crippen LogP contribution in [0.5, 0.6) is 0 Å². The van der Waals surface area contributed by atoms with Crippen LogP contribution in [0.4, 0.5) is 0 Å². The maximum Gasteiger partial charge on any atom is 0.240 e. The third kappa shape index (κ3) is 3.59. The molecule has 0 unspecified atom stereocenters. The Bertz CT molecular complexity index is 745. The zero-order valence-electron chi connectivity index (χ0n) is 11.3. The Hall–Kier alpha value is -1.92. The highest BCUT2D eigenvalue weighted by Crippen LogP contribution is 2.21. The molecule has 106 valence electrons. The van der Waals surface area contributed by atoms with Gasteiger partial charge in [-0.2, -0.15) is 15.0 Å². The molecule has 21 heavy (non-hydrogen) atoms. The van der Waals surface area contributed by atoms with Crippen LogP contribution in [0.1, 0.15) is 11.1 Å². The van der Waals surface area contributed by atoms with Gasteiger partial charge in [-0.3, -0.25) is 4.57 Å². The van der Waals surface area contributed by atoms with Gasteiger partial charge in [0, 0.05) is 18.1 Å². The molecule has 2 aromatic heterocycles. The second-order valence-electron chi connectivity index (χ2n) is 4.43. The van der Waals surface area contributed by atoms with Crippen molar-refractivity contribution < 1.29 is 0 Å². The highest BCUT2D eigenvalue weighted by Gasteiger charge is 2.07. The molecule has 3 aromatic rings. The van der Waals surface area contributed by atoms with Crippen LogP contribution in [0.3, 0.4) is 0 Å². The maximum atomic E-state index is 5.96. The van der Waals surface area contributed by atoms with Crippen molar-refractivity contribution in [1.29, 1.82) is 0 Å². The van der Waals surface area contributed by atoms with Crippen molar-refractivity contribution >= 4 is 23.4 Å². The first kappa shape index (κ1) is 14.0. The minimum absolute atomic E-state index is 0.181. The van der Waals surface area contributed by atoms with Crippen LogP contribution in [-0.2, 0) is 5.75 Å². The molecule has 0 aliphatic rings. The summed E-state index contributed by atoms with van der Waals surface area (Å²) in [6, 6.07) is 8.35. The van der Waals surface area contributed by atoms with Crippen LogP contribution >= 0.6 is 23.4 Å². The average molecular weight is 318 g/mol. The van der Waals surface area contributed by atoms with E-state index < -0.39 is 0 Å². The first-order valence-corrected chi connectivity index (χ1v) is 7.65. The van der Waals surface area contributed by atoms with Crippen molar-refractivity contribution in [3.8, 4) is 5.95 Å². The van der Waals surface area contributed by atoms with Gasteiger partial charge in [0.15, 0.2) is 5.16 Å². The van der Waals surface area contributed by atoms with Crippen LogP contribution in [0.25, 0.3) is 5.95 Å². The molecule has 0 aliphatic heterocycles. The lowest BCUT2D eigenvalue weighted by Crippen LogP contribution is -2.02. The van der Waals surface area contributed by atoms with Crippen LogP contribution in [0.15, 0.2) is 48.1 Å². The number of hydrogen-bond donors (Lipinski definition) is 0. The summed E-state index contributed by atoms with van der Waals surface area (Å²) in [6.45, 7) is 2.07. The van der Waals surface area contributed by atoms with Gasteiger partial charge in [-0.05, 0) is 24.1 Å². The van der Waals surface area contributed by atoms with Gasteiger partial charge in [0.05, 0.1) is 0 Å². The summed E-state index contributed by atoms with van der Waals surface area (Å²) < 4.78 is 1.70. The number of hydrogen-bond acceptors (Lipinski definition) is 5. The molecule has 0 aliphatic carbocycles. The standard InChI is InChI=1S/C14H12ClN5S/c1-10-3-2-4-11(7-10)8-21-14-18-12(15)17-13(19-14)20-6-5-16-9-20/h2-7,9H,8H2,1H3. The van der Waals surface area contributed by atoms with E-state index >= 15 is 0 Å². The number of benzene rings is 1. The normalized spacial score (nSPS) is 10.8. The summed E-state index contributed by atoms with van der Waals surface area (Å²) in [5.41, 5.74) is 2.46. The summed E-state index contributed by atoms with van der Waals surface area (Å²) in [4.78, 5) is 16.6. The van der Waals surface area contributed by atoms with Crippen molar-refractivity contribution in [2.24, 2.45) is 0 Å². The number of nitrogens with zero attached hydrogens (tertiary/aromatic N) is 5. The topological polar surface area (TPSA) is 56.5 Å². The van der Waals surface area contributed by atoms with Gasteiger partial charge >= 0.3 is 0 Å². The number of halogens is 1. The maximum absolute atomic E-state index is 5.96. The molecule has 0 saturated heterocycles. The number of rotatable bonds is 4. The van der Waals surface area contributed by atoms with E-state index in [0.717, 1.165) is 5.75 Å². The molecule has 0 N–H and O–H groups in total. The number of imidazole rings is 1. The molecule has 7 heteroatoms. The van der Waals surface area contributed by atoms with Gasteiger partial charge in [0.1, 0.15) is 6.33 Å². The van der Waals surface area contributed by atoms with Gasteiger partial charge in [0.25, 0.3) is 0 Å². The molecule has 1 aromatic carbocycles. The molecule has 0 saturated carbocycles. The summed E-state index contributed by atoms with van der Waals surface area (Å²) >= 11 is 7.49. The lowest BCUT2D eigenvalue weighted by Gasteiger charge is -2.05. The molecule has 5 nitrogen and oxygen atoms in total. The summed E-state index contributed by atoms with van der Waals surface area (Å²) in [6.07, 6.45) is 5.05. The molecular formula is C14H12ClN5S. The van der Waals surface area contributed by atoms with Gasteiger partial charge in [-0.15, -0.1) is 0 Å². The quantitative estimate of drug-likeness (QED) is 0.691. The average Bonchev–Trinajstić information content (AvgIpc) is 2.99. The Morgan fingerprint density at radius 2 is 2.14 bits per heavy atom. The molecular weight excluding hydrogens is 306 g/mol. The zero-order chi connectivity index (χ0) is 14.7. The number of aryl methyl sites for hydroxylation is 1. The van der Waals surface area contributed by atoms with Gasteiger partial charge < -0.3 is 0 Å². The van der Waals surface area contributed by atoms with Crippen molar-refractivity contribution in [3.63, 3.8) is 0 Å². The van der Waals surface area contributed by atoms with E-state index in [-0.39, 0.29) is 5.28 Å². The van der Waals surface area contributed by atoms with Crippen molar-refractivity contribution in [2.75, 3.05) is 0 Å². The van der Waals surface area contributed by atoms with Crippen LogP contribution < -0.4 is 0 Å². The smallest absolute Gasteiger partial charge is 0.240 e. The predicted molar refractivity (Wildman–Crippen MR) is 82.7 cm³/mol. The highest BCUT2D eigenvalue weighted by molar-refractivity contribution is 7.98. The minimum Gasteiger partial charge on any atom is -0.274 e. The summed E-state index contributed by atoms with van der Waals surface area (Å²) in [5.74, 6) is 1.25. The lowest BCUT2D eigenvalue weighted by molar-refractivity contribution is 0.823. The van der Waals surface area contributed by atoms with Crippen molar-refractivity contribution in [2.45, 2.75) is 17.8 Å². The first-order valence-electron chi connectivity index (χ1n) is 6.29. The Morgan fingerprint density at radius 1 is 1.24 bits per heavy atom. The minimum atomic E-state index is 0.181. The molecule has 0 atom stereocenters. The van der Waals surface area contributed by atoms with E-state index in [1.165, 1.54) is 22.9 Å². The fourth-order valence-electron chi connectivity index (χ4n) is 1.83. The molecule has 0 bridgehead atoms. The van der Waals surface area contributed by atoms with E-state index in [9.17, 15) is 0 Å². The van der Waals surface area contributed by atoms with Gasteiger partial charge in [0.2, 0.25) is 11.2 Å². The lowest BCUT2D eigenvalue weighted by atomic mass is 10.2. The molecule has 0 amide bonds. The molecule has 2 heterocycles. The van der Waals surface area contributed by atoms with Crippen LogP contribution in [0, 0.1) is 6.92 Å². The van der Waals surface area contributed by atoms with E-state index in [1.807, 2.05) is 6.07 Å². The molecule has 0 radical (unpaired) electrons. The second-order valence-corrected chi connectivity index (χ2v) is 5.72. The Morgan fingerprint density at radius 3 is 2.90 bits per heavy atom. The number of aromatic nitrogens is 5. The monoisotopic (exact) mass is 317 g/mol. The SMILES string of the molecule is Cc1cccc(CSc2nc(Cl)nc(-n3ccnc3)n2)c1. The summed E-state index contributed by atoms with van der Waals surface area (Å²) in [5, 5.41) is 0.778. The molecule has 3 rings (SSSR count). The second kappa shape index (κ2) is 6.24. The number of thioether (sulfide) groups is 1. The van der Waals surface area contributed by atoms with E-state index in [0.29, 0.717) is 11.1 Å². The van der Waals surface area contributed by atoms with Gasteiger partial charge in [-0.1, -0.05) is 41.6 Å². The third-order valence-corrected chi connectivity index (χ3v) is 3.85. The highest BCUT2D eigenvalue weighted by atomic mass is 35.5.